The normalized spacial score (nSPS) is 11.1. The van der Waals surface area contributed by atoms with Gasteiger partial charge in [-0.05, 0) is 41.3 Å². The molecule has 0 fully saturated rings. The number of aromatic nitrogens is 1. The van der Waals surface area contributed by atoms with Crippen molar-refractivity contribution < 1.29 is 0 Å². The smallest absolute Gasteiger partial charge is 0.181 e. The molecule has 0 bridgehead atoms. The fraction of sp³-hybridized carbons (Fsp3) is 0.235. The van der Waals surface area contributed by atoms with Gasteiger partial charge < -0.3 is 11.5 Å². The monoisotopic (exact) mass is 333 g/mol. The van der Waals surface area contributed by atoms with Gasteiger partial charge in [0, 0.05) is 10.7 Å². The third-order valence-corrected chi connectivity index (χ3v) is 4.23. The fourth-order valence-corrected chi connectivity index (χ4v) is 2.91. The number of anilines is 2. The third-order valence-electron chi connectivity index (χ3n) is 3.14. The van der Waals surface area contributed by atoms with Crippen LogP contribution in [0.25, 0.3) is 10.2 Å². The number of fused-ring (bicyclic) bond motifs is 1. The summed E-state index contributed by atoms with van der Waals surface area (Å²) in [4.78, 5) is 4.09. The Hall–Kier alpha value is -1.78. The van der Waals surface area contributed by atoms with Crippen LogP contribution in [0.5, 0.6) is 0 Å². The van der Waals surface area contributed by atoms with Crippen LogP contribution in [0.2, 0.25) is 5.02 Å². The molecule has 0 spiro atoms. The van der Waals surface area contributed by atoms with Crippen LogP contribution in [0.3, 0.4) is 0 Å². The van der Waals surface area contributed by atoms with E-state index in [2.05, 4.69) is 37.9 Å². The molecule has 5 heteroatoms. The van der Waals surface area contributed by atoms with E-state index in [1.165, 1.54) is 16.9 Å². The molecule has 3 rings (SSSR count). The highest BCUT2D eigenvalue weighted by Crippen LogP contribution is 2.26. The Balaban J connectivity index is 0.000000160. The van der Waals surface area contributed by atoms with Gasteiger partial charge in [0.2, 0.25) is 0 Å². The van der Waals surface area contributed by atoms with Crippen LogP contribution in [0.4, 0.5) is 10.8 Å². The molecule has 3 aromatic rings. The molecule has 0 atom stereocenters. The summed E-state index contributed by atoms with van der Waals surface area (Å²) >= 11 is 7.21. The highest BCUT2D eigenvalue weighted by atomic mass is 35.5. The number of rotatable bonds is 0. The summed E-state index contributed by atoms with van der Waals surface area (Å²) in [5.74, 6) is 0. The van der Waals surface area contributed by atoms with Crippen molar-refractivity contribution in [2.24, 2.45) is 0 Å². The van der Waals surface area contributed by atoms with E-state index >= 15 is 0 Å². The molecule has 4 N–H and O–H groups in total. The molecule has 0 saturated heterocycles. The van der Waals surface area contributed by atoms with Crippen LogP contribution in [0.15, 0.2) is 42.5 Å². The lowest BCUT2D eigenvalue weighted by molar-refractivity contribution is 0.590. The highest BCUT2D eigenvalue weighted by molar-refractivity contribution is 7.22. The lowest BCUT2D eigenvalue weighted by atomic mass is 9.87. The van der Waals surface area contributed by atoms with Crippen LogP contribution in [0.1, 0.15) is 26.3 Å². The molecule has 0 aliphatic rings. The van der Waals surface area contributed by atoms with Crippen molar-refractivity contribution in [3.63, 3.8) is 0 Å². The third kappa shape index (κ3) is 4.36. The number of nitrogens with zero attached hydrogens (tertiary/aromatic N) is 1. The second-order valence-electron chi connectivity index (χ2n) is 6.04. The largest absolute Gasteiger partial charge is 0.399 e. The Morgan fingerprint density at radius 3 is 2.23 bits per heavy atom. The van der Waals surface area contributed by atoms with E-state index in [0.29, 0.717) is 5.13 Å². The molecule has 0 radical (unpaired) electrons. The predicted molar refractivity (Wildman–Crippen MR) is 98.6 cm³/mol. The zero-order valence-electron chi connectivity index (χ0n) is 12.9. The van der Waals surface area contributed by atoms with Gasteiger partial charge in [0.25, 0.3) is 0 Å². The molecule has 2 aromatic carbocycles. The molecule has 3 nitrogen and oxygen atoms in total. The Morgan fingerprint density at radius 1 is 1.00 bits per heavy atom. The molecule has 116 valence electrons. The number of thiazole rings is 1. The summed E-state index contributed by atoms with van der Waals surface area (Å²) < 4.78 is 1.04. The molecule has 1 heterocycles. The summed E-state index contributed by atoms with van der Waals surface area (Å²) in [6.07, 6.45) is 0. The summed E-state index contributed by atoms with van der Waals surface area (Å²) in [5.41, 5.74) is 14.4. The SMILES string of the molecule is CC(C)(C)c1ccc(N)cc1.Nc1nc2ccc(Cl)cc2s1. The lowest BCUT2D eigenvalue weighted by Crippen LogP contribution is -2.10. The van der Waals surface area contributed by atoms with E-state index < -0.39 is 0 Å². The van der Waals surface area contributed by atoms with Crippen LogP contribution in [-0.4, -0.2) is 4.98 Å². The van der Waals surface area contributed by atoms with Crippen LogP contribution in [-0.2, 0) is 5.41 Å². The quantitative estimate of drug-likeness (QED) is 0.562. The van der Waals surface area contributed by atoms with Crippen molar-refractivity contribution in [3.8, 4) is 0 Å². The maximum atomic E-state index is 5.77. The van der Waals surface area contributed by atoms with Gasteiger partial charge in [-0.1, -0.05) is 55.8 Å². The van der Waals surface area contributed by atoms with E-state index in [-0.39, 0.29) is 5.41 Å². The average molecular weight is 334 g/mol. The number of nitrogens with two attached hydrogens (primary N) is 2. The minimum absolute atomic E-state index is 0.230. The van der Waals surface area contributed by atoms with Crippen molar-refractivity contribution in [1.82, 2.24) is 4.98 Å². The molecule has 22 heavy (non-hydrogen) atoms. The zero-order valence-corrected chi connectivity index (χ0v) is 14.5. The maximum absolute atomic E-state index is 5.77. The van der Waals surface area contributed by atoms with Gasteiger partial charge in [0.05, 0.1) is 10.2 Å². The molecule has 1 aromatic heterocycles. The standard InChI is InChI=1S/C10H15N.C7H5ClN2S/c1-10(2,3)8-4-6-9(11)7-5-8;8-4-1-2-5-6(3-4)11-7(9)10-5/h4-7H,11H2,1-3H3;1-3H,(H2,9,10). The van der Waals surface area contributed by atoms with E-state index in [1.807, 2.05) is 30.3 Å². The maximum Gasteiger partial charge on any atom is 0.181 e. The van der Waals surface area contributed by atoms with Gasteiger partial charge in [0.15, 0.2) is 5.13 Å². The minimum atomic E-state index is 0.230. The Kier molecular flexibility index (Phi) is 4.94. The van der Waals surface area contributed by atoms with Crippen LogP contribution >= 0.6 is 22.9 Å². The first-order valence-corrected chi connectivity index (χ1v) is 8.13. The second-order valence-corrected chi connectivity index (χ2v) is 7.53. The zero-order chi connectivity index (χ0) is 16.3. The molecule has 0 amide bonds. The fourth-order valence-electron chi connectivity index (χ4n) is 1.90. The van der Waals surface area contributed by atoms with Gasteiger partial charge >= 0.3 is 0 Å². The highest BCUT2D eigenvalue weighted by Gasteiger charge is 2.12. The van der Waals surface area contributed by atoms with E-state index in [1.54, 1.807) is 0 Å². The van der Waals surface area contributed by atoms with Gasteiger partial charge in [0.1, 0.15) is 0 Å². The summed E-state index contributed by atoms with van der Waals surface area (Å²) in [6, 6.07) is 13.6. The van der Waals surface area contributed by atoms with E-state index in [9.17, 15) is 0 Å². The van der Waals surface area contributed by atoms with Crippen molar-refractivity contribution in [2.75, 3.05) is 11.5 Å². The molecule has 0 aliphatic heterocycles. The van der Waals surface area contributed by atoms with E-state index in [0.717, 1.165) is 20.9 Å². The Bertz CT molecular complexity index is 758. The molecule has 0 unspecified atom stereocenters. The second kappa shape index (κ2) is 6.55. The average Bonchev–Trinajstić information content (AvgIpc) is 2.78. The molecular formula is C17H20ClN3S. The Morgan fingerprint density at radius 2 is 1.64 bits per heavy atom. The summed E-state index contributed by atoms with van der Waals surface area (Å²) in [7, 11) is 0. The lowest BCUT2D eigenvalue weighted by Gasteiger charge is -2.18. The van der Waals surface area contributed by atoms with Gasteiger partial charge in [-0.2, -0.15) is 0 Å². The first-order valence-electron chi connectivity index (χ1n) is 6.93. The van der Waals surface area contributed by atoms with Crippen molar-refractivity contribution in [3.05, 3.63) is 53.1 Å². The van der Waals surface area contributed by atoms with Crippen molar-refractivity contribution >= 4 is 44.0 Å². The molecule has 0 aliphatic carbocycles. The topological polar surface area (TPSA) is 64.9 Å². The number of nitrogen functional groups attached to an aromatic ring is 2. The predicted octanol–water partition coefficient (Wildman–Crippen LogP) is 5.10. The van der Waals surface area contributed by atoms with Gasteiger partial charge in [-0.15, -0.1) is 0 Å². The van der Waals surface area contributed by atoms with Gasteiger partial charge in [-0.3, -0.25) is 0 Å². The van der Waals surface area contributed by atoms with Crippen molar-refractivity contribution in [1.29, 1.82) is 0 Å². The number of hydrogen-bond acceptors (Lipinski definition) is 4. The number of halogens is 1. The van der Waals surface area contributed by atoms with Gasteiger partial charge in [-0.25, -0.2) is 4.98 Å². The van der Waals surface area contributed by atoms with Crippen molar-refractivity contribution in [2.45, 2.75) is 26.2 Å². The molecular weight excluding hydrogens is 314 g/mol. The first kappa shape index (κ1) is 16.6. The molecule has 0 saturated carbocycles. The van der Waals surface area contributed by atoms with Crippen LogP contribution < -0.4 is 11.5 Å². The van der Waals surface area contributed by atoms with Crippen LogP contribution in [0, 0.1) is 0 Å². The van der Waals surface area contributed by atoms with E-state index in [4.69, 9.17) is 23.1 Å². The Labute approximate surface area is 139 Å². The summed E-state index contributed by atoms with van der Waals surface area (Å²) in [6.45, 7) is 6.58. The first-order chi connectivity index (χ1) is 10.3. The summed E-state index contributed by atoms with van der Waals surface area (Å²) in [5, 5.41) is 1.31. The minimum Gasteiger partial charge on any atom is -0.399 e. The number of hydrogen-bond donors (Lipinski definition) is 2. The number of benzene rings is 2.